The van der Waals surface area contributed by atoms with Gasteiger partial charge in [-0.3, -0.25) is 4.79 Å². The van der Waals surface area contributed by atoms with Crippen LogP contribution in [0.25, 0.3) is 20.8 Å². The molecule has 4 aliphatic carbocycles. The van der Waals surface area contributed by atoms with Gasteiger partial charge in [0.15, 0.2) is 0 Å². The maximum Gasteiger partial charge on any atom is 0.220 e. The number of thiazole rings is 1. The molecule has 0 aliphatic heterocycles. The Labute approximate surface area is 181 Å². The van der Waals surface area contributed by atoms with Crippen molar-refractivity contribution >= 4 is 27.5 Å². The highest BCUT2D eigenvalue weighted by atomic mass is 32.1. The number of hydrogen-bond acceptors (Lipinski definition) is 3. The smallest absolute Gasteiger partial charge is 0.220 e. The molecule has 0 spiro atoms. The molecule has 4 saturated carbocycles. The highest BCUT2D eigenvalue weighted by Gasteiger charge is 2.51. The predicted molar refractivity (Wildman–Crippen MR) is 122 cm³/mol. The Morgan fingerprint density at radius 1 is 0.967 bits per heavy atom. The third-order valence-corrected chi connectivity index (χ3v) is 8.77. The Morgan fingerprint density at radius 3 is 2.30 bits per heavy atom. The van der Waals surface area contributed by atoms with E-state index in [-0.39, 0.29) is 5.91 Å². The number of para-hydroxylation sites is 1. The first kappa shape index (κ1) is 18.6. The maximum atomic E-state index is 12.8. The Hall–Kier alpha value is -2.20. The van der Waals surface area contributed by atoms with E-state index in [0.717, 1.165) is 45.8 Å². The second-order valence-corrected chi connectivity index (χ2v) is 11.1. The van der Waals surface area contributed by atoms with Crippen LogP contribution in [0.1, 0.15) is 50.5 Å². The zero-order valence-electron chi connectivity index (χ0n) is 17.3. The lowest BCUT2D eigenvalue weighted by Crippen LogP contribution is -2.47. The number of carbonyl (C=O) groups is 1. The summed E-state index contributed by atoms with van der Waals surface area (Å²) in [5.41, 5.74) is 3.66. The number of amides is 1. The maximum absolute atomic E-state index is 12.8. The Kier molecular flexibility index (Phi) is 4.45. The molecule has 154 valence electrons. The molecular weight excluding hydrogens is 388 g/mol. The fraction of sp³-hybridized carbons (Fsp3) is 0.462. The topological polar surface area (TPSA) is 42.0 Å². The summed E-state index contributed by atoms with van der Waals surface area (Å²) in [6.45, 7) is 0.616. The minimum atomic E-state index is 0.243. The van der Waals surface area contributed by atoms with Crippen LogP contribution in [-0.2, 0) is 11.3 Å². The molecule has 4 fully saturated rings. The molecule has 3 aromatic rings. The van der Waals surface area contributed by atoms with Crippen LogP contribution in [0.15, 0.2) is 48.5 Å². The van der Waals surface area contributed by atoms with Crippen molar-refractivity contribution in [2.24, 2.45) is 23.2 Å². The van der Waals surface area contributed by atoms with E-state index in [9.17, 15) is 4.79 Å². The van der Waals surface area contributed by atoms with Crippen molar-refractivity contribution in [1.82, 2.24) is 10.3 Å². The van der Waals surface area contributed by atoms with Gasteiger partial charge in [-0.05, 0) is 79.4 Å². The number of hydrogen-bond donors (Lipinski definition) is 1. The van der Waals surface area contributed by atoms with Gasteiger partial charge in [-0.15, -0.1) is 11.3 Å². The van der Waals surface area contributed by atoms with E-state index in [0.29, 0.717) is 12.0 Å². The van der Waals surface area contributed by atoms with Gasteiger partial charge < -0.3 is 5.32 Å². The van der Waals surface area contributed by atoms with Crippen molar-refractivity contribution in [2.45, 2.75) is 51.5 Å². The third kappa shape index (κ3) is 3.45. The monoisotopic (exact) mass is 416 g/mol. The molecule has 30 heavy (non-hydrogen) atoms. The van der Waals surface area contributed by atoms with Crippen molar-refractivity contribution in [3.8, 4) is 10.6 Å². The second kappa shape index (κ2) is 7.19. The third-order valence-electron chi connectivity index (χ3n) is 7.69. The molecule has 0 saturated heterocycles. The van der Waals surface area contributed by atoms with E-state index < -0.39 is 0 Å². The minimum Gasteiger partial charge on any atom is -0.352 e. The number of rotatable bonds is 5. The van der Waals surface area contributed by atoms with Crippen LogP contribution in [0.4, 0.5) is 0 Å². The first-order valence-electron chi connectivity index (χ1n) is 11.4. The number of nitrogens with one attached hydrogen (secondary N) is 1. The summed E-state index contributed by atoms with van der Waals surface area (Å²) < 4.78 is 1.22. The first-order chi connectivity index (χ1) is 14.6. The molecule has 1 amide bonds. The fourth-order valence-corrected chi connectivity index (χ4v) is 7.84. The lowest BCUT2D eigenvalue weighted by Gasteiger charge is -2.56. The fourth-order valence-electron chi connectivity index (χ4n) is 6.87. The number of carbonyl (C=O) groups excluding carboxylic acids is 1. The van der Waals surface area contributed by atoms with Crippen molar-refractivity contribution in [3.63, 3.8) is 0 Å². The number of aromatic nitrogens is 1. The minimum absolute atomic E-state index is 0.243. The summed E-state index contributed by atoms with van der Waals surface area (Å²) in [6, 6.07) is 16.7. The van der Waals surface area contributed by atoms with Crippen molar-refractivity contribution in [3.05, 3.63) is 54.1 Å². The Bertz CT molecular complexity index is 1020. The lowest BCUT2D eigenvalue weighted by atomic mass is 9.49. The van der Waals surface area contributed by atoms with Gasteiger partial charge in [0.05, 0.1) is 10.2 Å². The average molecular weight is 417 g/mol. The van der Waals surface area contributed by atoms with Crippen LogP contribution in [0.2, 0.25) is 0 Å². The van der Waals surface area contributed by atoms with Crippen molar-refractivity contribution < 1.29 is 4.79 Å². The molecule has 3 nitrogen and oxygen atoms in total. The van der Waals surface area contributed by atoms with Crippen LogP contribution in [0.5, 0.6) is 0 Å². The molecule has 4 bridgehead atoms. The molecule has 1 aromatic heterocycles. The summed E-state index contributed by atoms with van der Waals surface area (Å²) >= 11 is 1.72. The number of nitrogens with zero attached hydrogens (tertiary/aromatic N) is 1. The SMILES string of the molecule is O=C(CC12CC3CC(CC(C3)C1)C2)NCc1ccc(-c2nc3ccccc3s2)cc1. The van der Waals surface area contributed by atoms with E-state index in [2.05, 4.69) is 47.8 Å². The Morgan fingerprint density at radius 2 is 1.63 bits per heavy atom. The van der Waals surface area contributed by atoms with Crippen LogP contribution in [-0.4, -0.2) is 10.9 Å². The van der Waals surface area contributed by atoms with Gasteiger partial charge in [0.1, 0.15) is 5.01 Å². The summed E-state index contributed by atoms with van der Waals surface area (Å²) in [5, 5.41) is 4.25. The van der Waals surface area contributed by atoms with E-state index in [1.807, 2.05) is 6.07 Å². The molecule has 0 radical (unpaired) electrons. The molecule has 7 rings (SSSR count). The molecule has 0 atom stereocenters. The molecule has 0 unspecified atom stereocenters. The summed E-state index contributed by atoms with van der Waals surface area (Å²) in [7, 11) is 0. The van der Waals surface area contributed by atoms with Crippen LogP contribution in [0.3, 0.4) is 0 Å². The van der Waals surface area contributed by atoms with E-state index in [1.54, 1.807) is 11.3 Å². The highest BCUT2D eigenvalue weighted by Crippen LogP contribution is 2.61. The zero-order chi connectivity index (χ0) is 20.1. The summed E-state index contributed by atoms with van der Waals surface area (Å²) in [4.78, 5) is 17.5. The molecule has 2 aromatic carbocycles. The van der Waals surface area contributed by atoms with Gasteiger partial charge in [0.25, 0.3) is 0 Å². The number of fused-ring (bicyclic) bond motifs is 1. The average Bonchev–Trinajstić information content (AvgIpc) is 3.15. The standard InChI is InChI=1S/C26H28N2OS/c29-24(15-26-12-18-9-19(13-26)11-20(10-18)14-26)27-16-17-5-7-21(8-6-17)25-28-22-3-1-2-4-23(22)30-25/h1-8,18-20H,9-16H2,(H,27,29). The van der Waals surface area contributed by atoms with Gasteiger partial charge in [0.2, 0.25) is 5.91 Å². The van der Waals surface area contributed by atoms with E-state index >= 15 is 0 Å². The Balaban J connectivity index is 1.08. The van der Waals surface area contributed by atoms with Crippen LogP contribution in [0, 0.1) is 23.2 Å². The molecule has 4 aliphatic rings. The van der Waals surface area contributed by atoms with Crippen LogP contribution < -0.4 is 5.32 Å². The second-order valence-electron chi connectivity index (χ2n) is 10.1. The lowest BCUT2D eigenvalue weighted by molar-refractivity contribution is -0.129. The van der Waals surface area contributed by atoms with Gasteiger partial charge in [-0.2, -0.15) is 0 Å². The van der Waals surface area contributed by atoms with E-state index in [1.165, 1.54) is 43.2 Å². The van der Waals surface area contributed by atoms with Gasteiger partial charge in [-0.1, -0.05) is 36.4 Å². The van der Waals surface area contributed by atoms with Crippen molar-refractivity contribution in [2.75, 3.05) is 0 Å². The molecule has 1 heterocycles. The van der Waals surface area contributed by atoms with E-state index in [4.69, 9.17) is 4.98 Å². The van der Waals surface area contributed by atoms with Crippen LogP contribution >= 0.6 is 11.3 Å². The number of benzene rings is 2. The van der Waals surface area contributed by atoms with Crippen molar-refractivity contribution in [1.29, 1.82) is 0 Å². The van der Waals surface area contributed by atoms with Gasteiger partial charge in [-0.25, -0.2) is 4.98 Å². The largest absolute Gasteiger partial charge is 0.352 e. The summed E-state index contributed by atoms with van der Waals surface area (Å²) in [6.07, 6.45) is 8.92. The van der Waals surface area contributed by atoms with Gasteiger partial charge >= 0.3 is 0 Å². The zero-order valence-corrected chi connectivity index (χ0v) is 18.1. The molecule has 1 N–H and O–H groups in total. The quantitative estimate of drug-likeness (QED) is 0.539. The predicted octanol–water partition coefficient (Wildman–Crippen LogP) is 6.19. The summed E-state index contributed by atoms with van der Waals surface area (Å²) in [5.74, 6) is 2.95. The first-order valence-corrected chi connectivity index (χ1v) is 12.2. The highest BCUT2D eigenvalue weighted by molar-refractivity contribution is 7.21. The van der Waals surface area contributed by atoms with Gasteiger partial charge in [0, 0.05) is 18.5 Å². The molecular formula is C26H28N2OS. The molecule has 4 heteroatoms. The normalized spacial score (nSPS) is 29.4.